The van der Waals surface area contributed by atoms with Crippen LogP contribution in [0.15, 0.2) is 41.5 Å². The Morgan fingerprint density at radius 3 is 2.52 bits per heavy atom. The third kappa shape index (κ3) is 4.50. The van der Waals surface area contributed by atoms with E-state index < -0.39 is 18.5 Å². The van der Waals surface area contributed by atoms with E-state index in [4.69, 9.17) is 17.7 Å². The number of aryl methyl sites for hydroxylation is 2. The van der Waals surface area contributed by atoms with Crippen molar-refractivity contribution in [1.29, 1.82) is 0 Å². The second-order valence-corrected chi connectivity index (χ2v) is 6.89. The summed E-state index contributed by atoms with van der Waals surface area (Å²) in [6, 6.07) is 10.8. The minimum absolute atomic E-state index is 0.198. The van der Waals surface area contributed by atoms with Crippen LogP contribution >= 0.6 is 0 Å². The Kier molecular flexibility index (Phi) is 6.37. The van der Waals surface area contributed by atoms with Gasteiger partial charge in [0.2, 0.25) is 0 Å². The Labute approximate surface area is 171 Å². The fourth-order valence-electron chi connectivity index (χ4n) is 3.49. The number of anilines is 1. The van der Waals surface area contributed by atoms with E-state index in [0.717, 1.165) is 18.5 Å². The average molecular weight is 390 g/mol. The number of hydrogen-bond donors (Lipinski definition) is 1. The molecule has 0 saturated heterocycles. The molecule has 0 amide bonds. The monoisotopic (exact) mass is 390 g/mol. The Morgan fingerprint density at radius 1 is 1.21 bits per heavy atom. The van der Waals surface area contributed by atoms with E-state index in [2.05, 4.69) is 31.1 Å². The number of para-hydroxylation sites is 1. The first kappa shape index (κ1) is 20.6. The molecule has 148 valence electrons. The summed E-state index contributed by atoms with van der Waals surface area (Å²) in [4.78, 5) is 24.0. The van der Waals surface area contributed by atoms with Crippen LogP contribution in [0.5, 0.6) is 5.75 Å². The van der Waals surface area contributed by atoms with E-state index in [0.29, 0.717) is 12.0 Å². The van der Waals surface area contributed by atoms with E-state index in [1.54, 1.807) is 12.3 Å². The first-order valence-electron chi connectivity index (χ1n) is 9.65. The molecule has 1 atom stereocenters. The summed E-state index contributed by atoms with van der Waals surface area (Å²) in [6.07, 6.45) is 3.38. The molecule has 1 unspecified atom stereocenters. The first-order chi connectivity index (χ1) is 13.9. The van der Waals surface area contributed by atoms with E-state index in [-0.39, 0.29) is 17.1 Å². The summed E-state index contributed by atoms with van der Waals surface area (Å²) in [5, 5.41) is 15.2. The van der Waals surface area contributed by atoms with Crippen LogP contribution in [0.25, 0.3) is 0 Å². The van der Waals surface area contributed by atoms with Gasteiger partial charge in [-0.15, -0.1) is 0 Å². The highest BCUT2D eigenvalue weighted by Gasteiger charge is 2.30. The van der Waals surface area contributed by atoms with Crippen molar-refractivity contribution >= 4 is 37.0 Å². The van der Waals surface area contributed by atoms with Gasteiger partial charge < -0.3 is 9.84 Å². The van der Waals surface area contributed by atoms with Gasteiger partial charge in [-0.2, -0.15) is 5.10 Å². The van der Waals surface area contributed by atoms with E-state index in [9.17, 15) is 9.59 Å². The molecule has 1 heterocycles. The van der Waals surface area contributed by atoms with Gasteiger partial charge in [0.1, 0.15) is 13.6 Å². The predicted molar refractivity (Wildman–Crippen MR) is 114 cm³/mol. The number of benzene rings is 2. The highest BCUT2D eigenvalue weighted by atomic mass is 16.5. The summed E-state index contributed by atoms with van der Waals surface area (Å²) in [5.41, 5.74) is 4.10. The fourth-order valence-corrected chi connectivity index (χ4v) is 3.49. The highest BCUT2D eigenvalue weighted by molar-refractivity contribution is 6.33. The Hall–Kier alpha value is -3.09. The summed E-state index contributed by atoms with van der Waals surface area (Å²) >= 11 is 0. The number of rotatable bonds is 8. The molecule has 2 aromatic carbocycles. The minimum atomic E-state index is -1.11. The molecule has 2 radical (unpaired) electrons. The van der Waals surface area contributed by atoms with Crippen LogP contribution in [-0.2, 0) is 17.6 Å². The summed E-state index contributed by atoms with van der Waals surface area (Å²) in [7, 11) is 5.85. The second kappa shape index (κ2) is 8.94. The van der Waals surface area contributed by atoms with Crippen molar-refractivity contribution in [2.24, 2.45) is 11.0 Å². The van der Waals surface area contributed by atoms with Crippen molar-refractivity contribution in [1.82, 2.24) is 0 Å². The molecule has 0 saturated carbocycles. The Bertz CT molecular complexity index is 936. The smallest absolute Gasteiger partial charge is 0.341 e. The topological polar surface area (TPSA) is 79.2 Å². The van der Waals surface area contributed by atoms with Gasteiger partial charge in [-0.3, -0.25) is 9.80 Å². The van der Waals surface area contributed by atoms with Gasteiger partial charge in [-0.05, 0) is 30.0 Å². The molecule has 1 aliphatic rings. The zero-order valence-corrected chi connectivity index (χ0v) is 16.6. The van der Waals surface area contributed by atoms with Crippen LogP contribution in [0.2, 0.25) is 0 Å². The lowest BCUT2D eigenvalue weighted by atomic mass is 9.90. The molecule has 0 bridgehead atoms. The summed E-state index contributed by atoms with van der Waals surface area (Å²) < 4.78 is 5.28. The third-order valence-corrected chi connectivity index (χ3v) is 4.94. The highest BCUT2D eigenvalue weighted by Crippen LogP contribution is 2.31. The lowest BCUT2D eigenvalue weighted by Gasteiger charge is -2.22. The molecule has 7 heteroatoms. The first-order valence-corrected chi connectivity index (χ1v) is 9.65. The van der Waals surface area contributed by atoms with Gasteiger partial charge in [-0.1, -0.05) is 49.6 Å². The number of carboxylic acid groups (broad SMARTS) is 1. The molecule has 3 rings (SSSR count). The molecule has 6 nitrogen and oxygen atoms in total. The van der Waals surface area contributed by atoms with Gasteiger partial charge in [-0.25, -0.2) is 4.79 Å². The number of hydrazone groups is 1. The number of carbonyl (C=O) groups excluding carboxylic acids is 1. The van der Waals surface area contributed by atoms with Crippen molar-refractivity contribution in [3.05, 3.63) is 53.1 Å². The molecular weight excluding hydrogens is 367 g/mol. The summed E-state index contributed by atoms with van der Waals surface area (Å²) in [6.45, 7) is 4.08. The zero-order valence-electron chi connectivity index (χ0n) is 16.6. The van der Waals surface area contributed by atoms with Gasteiger partial charge in [0.15, 0.2) is 12.4 Å². The second-order valence-electron chi connectivity index (χ2n) is 6.89. The normalized spacial score (nSPS) is 15.5. The lowest BCUT2D eigenvalue weighted by Crippen LogP contribution is -2.26. The van der Waals surface area contributed by atoms with Crippen molar-refractivity contribution in [2.75, 3.05) is 18.2 Å². The quantitative estimate of drug-likeness (QED) is 0.553. The molecule has 0 spiro atoms. The maximum atomic E-state index is 13.1. The number of ether oxygens (including phenoxy) is 1. The van der Waals surface area contributed by atoms with Crippen molar-refractivity contribution in [3.63, 3.8) is 0 Å². The largest absolute Gasteiger partial charge is 0.481 e. The average Bonchev–Trinajstić information content (AvgIpc) is 3.21. The number of carboxylic acids is 1. The van der Waals surface area contributed by atoms with Crippen molar-refractivity contribution in [2.45, 2.75) is 26.7 Å². The number of nitrogens with zero attached hydrogens (tertiary/aromatic N) is 2. The lowest BCUT2D eigenvalue weighted by molar-refractivity contribution is -0.139. The molecule has 0 aliphatic carbocycles. The standard InChI is InChI=1S/C22H23BN2O4/c1-3-14-6-5-7-15(4-2)21(14)25-12-16(11-24-25)22(28)18-10-17(23)8-9-19(18)29-13-20(26)27/h5-11,16H,3-4,12-13H2,1-2H3,(H,26,27). The molecule has 1 aliphatic heterocycles. The summed E-state index contributed by atoms with van der Waals surface area (Å²) in [5.74, 6) is -1.58. The van der Waals surface area contributed by atoms with Crippen molar-refractivity contribution < 1.29 is 19.4 Å². The molecule has 2 aromatic rings. The fraction of sp³-hybridized carbons (Fsp3) is 0.318. The number of ketones is 1. The number of aliphatic carboxylic acids is 1. The number of carbonyl (C=O) groups is 2. The molecule has 0 aromatic heterocycles. The van der Waals surface area contributed by atoms with E-state index in [1.165, 1.54) is 23.3 Å². The van der Waals surface area contributed by atoms with Gasteiger partial charge in [0.05, 0.1) is 23.7 Å². The molecule has 1 N–H and O–H groups in total. The predicted octanol–water partition coefficient (Wildman–Crippen LogP) is 2.37. The van der Waals surface area contributed by atoms with Crippen LogP contribution in [-0.4, -0.2) is 44.1 Å². The van der Waals surface area contributed by atoms with Crippen LogP contribution in [0, 0.1) is 5.92 Å². The molecule has 29 heavy (non-hydrogen) atoms. The van der Waals surface area contributed by atoms with Crippen LogP contribution in [0.3, 0.4) is 0 Å². The number of Topliss-reactive ketones (excluding diaryl/α,β-unsaturated/α-hetero) is 1. The SMILES string of the molecule is [B]c1ccc(OCC(=O)O)c(C(=O)C2C=NN(c3c(CC)cccc3CC)C2)c1. The number of hydrogen-bond acceptors (Lipinski definition) is 5. The zero-order chi connectivity index (χ0) is 21.0. The third-order valence-electron chi connectivity index (χ3n) is 4.94. The maximum absolute atomic E-state index is 13.1. The minimum Gasteiger partial charge on any atom is -0.481 e. The van der Waals surface area contributed by atoms with Crippen molar-refractivity contribution in [3.8, 4) is 5.75 Å². The van der Waals surface area contributed by atoms with E-state index >= 15 is 0 Å². The van der Waals surface area contributed by atoms with Crippen LogP contribution < -0.4 is 15.2 Å². The van der Waals surface area contributed by atoms with Gasteiger partial charge >= 0.3 is 5.97 Å². The van der Waals surface area contributed by atoms with Crippen LogP contribution in [0.1, 0.15) is 35.3 Å². The maximum Gasteiger partial charge on any atom is 0.341 e. The van der Waals surface area contributed by atoms with Gasteiger partial charge in [0, 0.05) is 6.21 Å². The van der Waals surface area contributed by atoms with Crippen LogP contribution in [0.4, 0.5) is 5.69 Å². The Morgan fingerprint density at radius 2 is 1.90 bits per heavy atom. The Balaban J connectivity index is 1.85. The van der Waals surface area contributed by atoms with E-state index in [1.807, 2.05) is 11.1 Å². The van der Waals surface area contributed by atoms with Gasteiger partial charge in [0.25, 0.3) is 0 Å². The molecular formula is C22H23BN2O4. The molecule has 0 fully saturated rings.